The fraction of sp³-hybridized carbons (Fsp3) is 0.381. The molecule has 0 aromatic heterocycles. The maximum absolute atomic E-state index is 12.9. The first-order valence-electron chi connectivity index (χ1n) is 9.53. The molecule has 0 saturated carbocycles. The summed E-state index contributed by atoms with van der Waals surface area (Å²) < 4.78 is 39.1. The molecule has 1 saturated heterocycles. The van der Waals surface area contributed by atoms with Gasteiger partial charge in [-0.05, 0) is 61.6 Å². The number of amides is 1. The lowest BCUT2D eigenvalue weighted by atomic mass is 10.1. The van der Waals surface area contributed by atoms with Crippen molar-refractivity contribution in [3.05, 3.63) is 53.6 Å². The van der Waals surface area contributed by atoms with Gasteiger partial charge < -0.3 is 14.8 Å². The van der Waals surface area contributed by atoms with Gasteiger partial charge >= 0.3 is 0 Å². The van der Waals surface area contributed by atoms with Crippen molar-refractivity contribution in [2.75, 3.05) is 31.9 Å². The highest BCUT2D eigenvalue weighted by molar-refractivity contribution is 8.00. The molecule has 30 heavy (non-hydrogen) atoms. The first-order chi connectivity index (χ1) is 14.3. The van der Waals surface area contributed by atoms with Gasteiger partial charge in [0.2, 0.25) is 10.0 Å². The Balaban J connectivity index is 1.75. The zero-order valence-corrected chi connectivity index (χ0v) is 18.8. The quantitative estimate of drug-likeness (QED) is 0.600. The highest BCUT2D eigenvalue weighted by Gasteiger charge is 2.29. The van der Waals surface area contributed by atoms with Gasteiger partial charge in [-0.15, -0.1) is 11.8 Å². The molecular formula is C21H26N2O5S2. The van der Waals surface area contributed by atoms with Gasteiger partial charge in [0.25, 0.3) is 5.91 Å². The molecule has 2 N–H and O–H groups in total. The lowest BCUT2D eigenvalue weighted by Gasteiger charge is -2.21. The van der Waals surface area contributed by atoms with Gasteiger partial charge in [0.1, 0.15) is 5.75 Å². The lowest BCUT2D eigenvalue weighted by Crippen LogP contribution is -2.38. The highest BCUT2D eigenvalue weighted by atomic mass is 32.2. The van der Waals surface area contributed by atoms with Crippen LogP contribution in [0, 0.1) is 12.8 Å². The van der Waals surface area contributed by atoms with Crippen molar-refractivity contribution in [2.24, 2.45) is 5.92 Å². The number of hydrogen-bond acceptors (Lipinski definition) is 6. The maximum Gasteiger partial charge on any atom is 0.255 e. The molecule has 1 fully saturated rings. The monoisotopic (exact) mass is 450 g/mol. The zero-order chi connectivity index (χ0) is 21.7. The molecule has 1 aliphatic heterocycles. The molecule has 2 aromatic rings. The fourth-order valence-electron chi connectivity index (χ4n) is 3.31. The van der Waals surface area contributed by atoms with Crippen LogP contribution in [0.2, 0.25) is 0 Å². The molecule has 1 heterocycles. The molecule has 162 valence electrons. The molecule has 2 aromatic carbocycles. The predicted molar refractivity (Wildman–Crippen MR) is 119 cm³/mol. The lowest BCUT2D eigenvalue weighted by molar-refractivity contribution is 0.102. The fourth-order valence-corrected chi connectivity index (χ4v) is 5.85. The van der Waals surface area contributed by atoms with Crippen LogP contribution >= 0.6 is 11.8 Å². The number of hydrogen-bond donors (Lipinski definition) is 2. The van der Waals surface area contributed by atoms with Gasteiger partial charge in [0.15, 0.2) is 0 Å². The van der Waals surface area contributed by atoms with E-state index in [1.54, 1.807) is 37.4 Å². The number of nitrogens with one attached hydrogen (secondary N) is 2. The number of anilines is 1. The number of carbonyl (C=O) groups is 1. The normalized spacial score (nSPS) is 17.5. The van der Waals surface area contributed by atoms with E-state index in [-0.39, 0.29) is 27.7 Å². The van der Waals surface area contributed by atoms with Crippen molar-refractivity contribution in [1.82, 2.24) is 4.72 Å². The molecule has 9 heteroatoms. The third kappa shape index (κ3) is 5.34. The van der Waals surface area contributed by atoms with Gasteiger partial charge in [0.05, 0.1) is 24.0 Å². The number of sulfonamides is 1. The smallest absolute Gasteiger partial charge is 0.255 e. The first kappa shape index (κ1) is 22.6. The Morgan fingerprint density at radius 3 is 2.70 bits per heavy atom. The second-order valence-corrected chi connectivity index (χ2v) is 9.76. The van der Waals surface area contributed by atoms with E-state index < -0.39 is 10.0 Å². The van der Waals surface area contributed by atoms with Gasteiger partial charge in [0, 0.05) is 23.8 Å². The largest absolute Gasteiger partial charge is 0.496 e. The van der Waals surface area contributed by atoms with Crippen LogP contribution < -0.4 is 14.8 Å². The van der Waals surface area contributed by atoms with Crippen LogP contribution in [-0.2, 0) is 14.8 Å². The Morgan fingerprint density at radius 1 is 1.27 bits per heavy atom. The number of carbonyl (C=O) groups excluding carboxylic acids is 1. The summed E-state index contributed by atoms with van der Waals surface area (Å²) in [7, 11) is -2.19. The summed E-state index contributed by atoms with van der Waals surface area (Å²) in [5.41, 5.74) is 1.75. The molecule has 1 amide bonds. The average Bonchev–Trinajstić information content (AvgIpc) is 3.27. The Hall–Kier alpha value is -2.07. The van der Waals surface area contributed by atoms with Crippen LogP contribution in [0.1, 0.15) is 22.3 Å². The number of ether oxygens (including phenoxy) is 2. The van der Waals surface area contributed by atoms with E-state index in [0.29, 0.717) is 18.9 Å². The Labute approximate surface area is 181 Å². The van der Waals surface area contributed by atoms with E-state index in [4.69, 9.17) is 9.47 Å². The second-order valence-electron chi connectivity index (χ2n) is 7.07. The van der Waals surface area contributed by atoms with Crippen molar-refractivity contribution in [3.8, 4) is 5.75 Å². The minimum absolute atomic E-state index is 0.0547. The van der Waals surface area contributed by atoms with Crippen LogP contribution in [0.25, 0.3) is 0 Å². The average molecular weight is 451 g/mol. The molecule has 2 unspecified atom stereocenters. The van der Waals surface area contributed by atoms with Crippen LogP contribution in [0.3, 0.4) is 0 Å². The number of aryl methyl sites for hydroxylation is 1. The summed E-state index contributed by atoms with van der Waals surface area (Å²) in [5.74, 6) is 0.463. The Bertz CT molecular complexity index is 1000. The van der Waals surface area contributed by atoms with Crippen LogP contribution in [0.5, 0.6) is 5.75 Å². The minimum atomic E-state index is -3.78. The third-order valence-corrected chi connectivity index (χ3v) is 7.58. The van der Waals surface area contributed by atoms with Crippen molar-refractivity contribution in [3.63, 3.8) is 0 Å². The SMILES string of the molecule is COc1ccc(NC(=O)c2cccc(S(=O)(=O)NC(SC)C3CCOC3)c2)cc1C. The topological polar surface area (TPSA) is 93.7 Å². The number of methoxy groups -OCH3 is 1. The molecule has 0 spiro atoms. The van der Waals surface area contributed by atoms with Gasteiger partial charge in [-0.2, -0.15) is 4.72 Å². The van der Waals surface area contributed by atoms with Gasteiger partial charge in [-0.1, -0.05) is 6.07 Å². The molecular weight excluding hydrogens is 424 g/mol. The van der Waals surface area contributed by atoms with Crippen molar-refractivity contribution >= 4 is 33.4 Å². The van der Waals surface area contributed by atoms with Crippen LogP contribution in [0.15, 0.2) is 47.4 Å². The van der Waals surface area contributed by atoms with Crippen LogP contribution in [0.4, 0.5) is 5.69 Å². The summed E-state index contributed by atoms with van der Waals surface area (Å²) in [6, 6.07) is 11.3. The van der Waals surface area contributed by atoms with Crippen LogP contribution in [-0.4, -0.2) is 46.3 Å². The van der Waals surface area contributed by atoms with Crippen molar-refractivity contribution < 1.29 is 22.7 Å². The molecule has 0 bridgehead atoms. The summed E-state index contributed by atoms with van der Waals surface area (Å²) in [5, 5.41) is 2.52. The van der Waals surface area contributed by atoms with Gasteiger partial charge in [-0.3, -0.25) is 4.79 Å². The first-order valence-corrected chi connectivity index (χ1v) is 12.3. The van der Waals surface area contributed by atoms with E-state index in [0.717, 1.165) is 17.7 Å². The number of benzene rings is 2. The van der Waals surface area contributed by atoms with E-state index in [9.17, 15) is 13.2 Å². The van der Waals surface area contributed by atoms with E-state index in [2.05, 4.69) is 10.0 Å². The van der Waals surface area contributed by atoms with Crippen molar-refractivity contribution in [1.29, 1.82) is 0 Å². The predicted octanol–water partition coefficient (Wildman–Crippen LogP) is 3.26. The summed E-state index contributed by atoms with van der Waals surface area (Å²) in [6.07, 6.45) is 2.68. The molecule has 3 rings (SSSR count). The molecule has 0 aliphatic carbocycles. The van der Waals surface area contributed by atoms with E-state index in [1.165, 1.54) is 23.9 Å². The van der Waals surface area contributed by atoms with E-state index >= 15 is 0 Å². The molecule has 2 atom stereocenters. The van der Waals surface area contributed by atoms with Gasteiger partial charge in [-0.25, -0.2) is 8.42 Å². The third-order valence-electron chi connectivity index (χ3n) is 4.98. The molecule has 7 nitrogen and oxygen atoms in total. The second kappa shape index (κ2) is 9.82. The summed E-state index contributed by atoms with van der Waals surface area (Å²) >= 11 is 1.45. The minimum Gasteiger partial charge on any atom is -0.496 e. The Morgan fingerprint density at radius 2 is 2.07 bits per heavy atom. The summed E-state index contributed by atoms with van der Waals surface area (Å²) in [6.45, 7) is 3.06. The molecule has 0 radical (unpaired) electrons. The summed E-state index contributed by atoms with van der Waals surface area (Å²) in [4.78, 5) is 12.7. The maximum atomic E-state index is 12.9. The molecule has 1 aliphatic rings. The number of rotatable bonds is 8. The van der Waals surface area contributed by atoms with E-state index in [1.807, 2.05) is 13.2 Å². The highest BCUT2D eigenvalue weighted by Crippen LogP contribution is 2.26. The zero-order valence-electron chi connectivity index (χ0n) is 17.2. The standard InChI is InChI=1S/C21H26N2O5S2/c1-14-11-17(7-8-19(14)27-2)22-20(24)15-5-4-6-18(12-15)30(25,26)23-21(29-3)16-9-10-28-13-16/h4-8,11-12,16,21,23H,9-10,13H2,1-3H3,(H,22,24). The Kier molecular flexibility index (Phi) is 7.41. The number of thioether (sulfide) groups is 1. The van der Waals surface area contributed by atoms with Crippen molar-refractivity contribution in [2.45, 2.75) is 23.6 Å².